The lowest BCUT2D eigenvalue weighted by Gasteiger charge is -2.24. The predicted octanol–water partition coefficient (Wildman–Crippen LogP) is 2.14. The highest BCUT2D eigenvalue weighted by Crippen LogP contribution is 2.29. The molecule has 0 aliphatic heterocycles. The molecule has 0 spiro atoms. The molecule has 1 aliphatic carbocycles. The minimum absolute atomic E-state index is 0.0432. The average molecular weight is 207 g/mol. The minimum Gasteiger partial charge on any atom is -0.478 e. The van der Waals surface area contributed by atoms with E-state index < -0.39 is 0 Å². The molecular weight excluding hydrogens is 190 g/mol. The van der Waals surface area contributed by atoms with Crippen LogP contribution in [0.5, 0.6) is 5.88 Å². The Balaban J connectivity index is 1.76. The van der Waals surface area contributed by atoms with Gasteiger partial charge in [0.15, 0.2) is 0 Å². The second kappa shape index (κ2) is 5.12. The summed E-state index contributed by atoms with van der Waals surface area (Å²) in [4.78, 5) is 4.09. The van der Waals surface area contributed by atoms with Crippen molar-refractivity contribution in [3.63, 3.8) is 0 Å². The summed E-state index contributed by atoms with van der Waals surface area (Å²) < 4.78 is 5.53. The molecule has 0 bridgehead atoms. The van der Waals surface area contributed by atoms with Crippen molar-refractivity contribution in [1.82, 2.24) is 4.98 Å². The summed E-state index contributed by atoms with van der Waals surface area (Å²) in [7, 11) is 0. The van der Waals surface area contributed by atoms with Gasteiger partial charge < -0.3 is 9.84 Å². The first-order chi connectivity index (χ1) is 7.38. The molecule has 82 valence electrons. The Bertz CT molecular complexity index is 310. The van der Waals surface area contributed by atoms with E-state index in [1.807, 2.05) is 0 Å². The summed E-state index contributed by atoms with van der Waals surface area (Å²) in [6.45, 7) is 0.786. The zero-order valence-electron chi connectivity index (χ0n) is 8.85. The SMILES string of the molecule is OCc1ccnc(OCCC2CCC2)c1. The third-order valence-electron chi connectivity index (χ3n) is 2.98. The molecule has 1 aromatic heterocycles. The smallest absolute Gasteiger partial charge is 0.213 e. The van der Waals surface area contributed by atoms with Gasteiger partial charge in [0.05, 0.1) is 13.2 Å². The highest BCUT2D eigenvalue weighted by atomic mass is 16.5. The Morgan fingerprint density at radius 1 is 1.47 bits per heavy atom. The molecule has 0 unspecified atom stereocenters. The van der Waals surface area contributed by atoms with Gasteiger partial charge in [0.25, 0.3) is 0 Å². The number of aliphatic hydroxyl groups is 1. The maximum Gasteiger partial charge on any atom is 0.213 e. The Morgan fingerprint density at radius 2 is 2.33 bits per heavy atom. The van der Waals surface area contributed by atoms with Crippen LogP contribution in [0.25, 0.3) is 0 Å². The van der Waals surface area contributed by atoms with Gasteiger partial charge >= 0.3 is 0 Å². The van der Waals surface area contributed by atoms with Crippen molar-refractivity contribution in [3.8, 4) is 5.88 Å². The fraction of sp³-hybridized carbons (Fsp3) is 0.583. The van der Waals surface area contributed by atoms with Crippen LogP contribution in [-0.4, -0.2) is 16.7 Å². The largest absolute Gasteiger partial charge is 0.478 e. The van der Waals surface area contributed by atoms with E-state index >= 15 is 0 Å². The number of nitrogens with zero attached hydrogens (tertiary/aromatic N) is 1. The van der Waals surface area contributed by atoms with Crippen LogP contribution in [0.2, 0.25) is 0 Å². The lowest BCUT2D eigenvalue weighted by molar-refractivity contribution is 0.216. The Kier molecular flexibility index (Phi) is 3.56. The molecule has 0 atom stereocenters. The molecule has 3 nitrogen and oxygen atoms in total. The van der Waals surface area contributed by atoms with Gasteiger partial charge in [0, 0.05) is 12.3 Å². The van der Waals surface area contributed by atoms with Gasteiger partial charge in [-0.25, -0.2) is 4.98 Å². The Labute approximate surface area is 90.1 Å². The molecule has 1 saturated carbocycles. The van der Waals surface area contributed by atoms with E-state index in [4.69, 9.17) is 9.84 Å². The van der Waals surface area contributed by atoms with Gasteiger partial charge in [0.1, 0.15) is 0 Å². The topological polar surface area (TPSA) is 42.4 Å². The third kappa shape index (κ3) is 2.93. The molecule has 0 saturated heterocycles. The predicted molar refractivity (Wildman–Crippen MR) is 57.6 cm³/mol. The van der Waals surface area contributed by atoms with Crippen LogP contribution in [0.15, 0.2) is 18.3 Å². The number of pyridine rings is 1. The van der Waals surface area contributed by atoms with Gasteiger partial charge in [-0.3, -0.25) is 0 Å². The van der Waals surface area contributed by atoms with E-state index in [9.17, 15) is 0 Å². The lowest BCUT2D eigenvalue weighted by atomic mass is 9.83. The van der Waals surface area contributed by atoms with E-state index in [0.29, 0.717) is 5.88 Å². The second-order valence-electron chi connectivity index (χ2n) is 4.09. The molecule has 1 heterocycles. The van der Waals surface area contributed by atoms with E-state index in [0.717, 1.165) is 24.5 Å². The summed E-state index contributed by atoms with van der Waals surface area (Å²) in [5, 5.41) is 8.94. The Morgan fingerprint density at radius 3 is 3.00 bits per heavy atom. The van der Waals surface area contributed by atoms with Crippen molar-refractivity contribution >= 4 is 0 Å². The first kappa shape index (κ1) is 10.4. The molecule has 15 heavy (non-hydrogen) atoms. The molecule has 3 heteroatoms. The summed E-state index contributed by atoms with van der Waals surface area (Å²) in [5.74, 6) is 1.49. The van der Waals surface area contributed by atoms with Crippen molar-refractivity contribution in [2.45, 2.75) is 32.3 Å². The van der Waals surface area contributed by atoms with Crippen molar-refractivity contribution in [2.75, 3.05) is 6.61 Å². The van der Waals surface area contributed by atoms with Crippen LogP contribution in [0, 0.1) is 5.92 Å². The number of rotatable bonds is 5. The summed E-state index contributed by atoms with van der Waals surface area (Å²) in [6.07, 6.45) is 6.89. The van der Waals surface area contributed by atoms with Crippen molar-refractivity contribution < 1.29 is 9.84 Å². The summed E-state index contributed by atoms with van der Waals surface area (Å²) in [6, 6.07) is 3.58. The molecule has 0 aromatic carbocycles. The molecule has 0 amide bonds. The van der Waals surface area contributed by atoms with Crippen LogP contribution >= 0.6 is 0 Å². The first-order valence-corrected chi connectivity index (χ1v) is 5.57. The van der Waals surface area contributed by atoms with Crippen molar-refractivity contribution in [2.24, 2.45) is 5.92 Å². The Hall–Kier alpha value is -1.09. The lowest BCUT2D eigenvalue weighted by Crippen LogP contribution is -2.14. The number of aromatic nitrogens is 1. The van der Waals surface area contributed by atoms with Crippen LogP contribution in [-0.2, 0) is 6.61 Å². The monoisotopic (exact) mass is 207 g/mol. The molecular formula is C12H17NO2. The fourth-order valence-corrected chi connectivity index (χ4v) is 1.74. The minimum atomic E-state index is 0.0432. The van der Waals surface area contributed by atoms with Gasteiger partial charge in [-0.05, 0) is 24.0 Å². The van der Waals surface area contributed by atoms with E-state index in [1.54, 1.807) is 18.3 Å². The zero-order valence-corrected chi connectivity index (χ0v) is 8.85. The first-order valence-electron chi connectivity index (χ1n) is 5.57. The van der Waals surface area contributed by atoms with Crippen molar-refractivity contribution in [3.05, 3.63) is 23.9 Å². The quantitative estimate of drug-likeness (QED) is 0.804. The molecule has 1 fully saturated rings. The van der Waals surface area contributed by atoms with E-state index in [1.165, 1.54) is 19.3 Å². The third-order valence-corrected chi connectivity index (χ3v) is 2.98. The van der Waals surface area contributed by atoms with E-state index in [-0.39, 0.29) is 6.61 Å². The molecule has 1 N–H and O–H groups in total. The van der Waals surface area contributed by atoms with Crippen LogP contribution in [0.1, 0.15) is 31.2 Å². The standard InChI is InChI=1S/C12H17NO2/c14-9-11-4-6-13-12(8-11)15-7-5-10-2-1-3-10/h4,6,8,10,14H,1-3,5,7,9H2. The van der Waals surface area contributed by atoms with Gasteiger partial charge in [-0.1, -0.05) is 19.3 Å². The number of hydrogen-bond donors (Lipinski definition) is 1. The molecule has 1 aliphatic rings. The average Bonchev–Trinajstić information content (AvgIpc) is 2.22. The molecule has 0 radical (unpaired) electrons. The zero-order chi connectivity index (χ0) is 10.5. The van der Waals surface area contributed by atoms with Crippen LogP contribution < -0.4 is 4.74 Å². The van der Waals surface area contributed by atoms with Gasteiger partial charge in [-0.2, -0.15) is 0 Å². The van der Waals surface area contributed by atoms with Gasteiger partial charge in [-0.15, -0.1) is 0 Å². The number of hydrogen-bond acceptors (Lipinski definition) is 3. The van der Waals surface area contributed by atoms with Crippen LogP contribution in [0.4, 0.5) is 0 Å². The fourth-order valence-electron chi connectivity index (χ4n) is 1.74. The highest BCUT2D eigenvalue weighted by molar-refractivity contribution is 5.19. The number of aliphatic hydroxyl groups excluding tert-OH is 1. The normalized spacial score (nSPS) is 16.1. The number of ether oxygens (including phenoxy) is 1. The van der Waals surface area contributed by atoms with Crippen molar-refractivity contribution in [1.29, 1.82) is 0 Å². The molecule has 1 aromatic rings. The maximum atomic E-state index is 8.94. The van der Waals surface area contributed by atoms with Crippen LogP contribution in [0.3, 0.4) is 0 Å². The maximum absolute atomic E-state index is 8.94. The molecule has 2 rings (SSSR count). The summed E-state index contributed by atoms with van der Waals surface area (Å²) >= 11 is 0. The summed E-state index contributed by atoms with van der Waals surface area (Å²) in [5.41, 5.74) is 0.851. The van der Waals surface area contributed by atoms with Gasteiger partial charge in [0.2, 0.25) is 5.88 Å². The van der Waals surface area contributed by atoms with E-state index in [2.05, 4.69) is 4.98 Å². The second-order valence-corrected chi connectivity index (χ2v) is 4.09. The highest BCUT2D eigenvalue weighted by Gasteiger charge is 2.16.